The number of hydrogen-bond donors (Lipinski definition) is 2. The molecule has 0 fully saturated rings. The summed E-state index contributed by atoms with van der Waals surface area (Å²) in [6, 6.07) is 11.2. The molecule has 1 aromatic carbocycles. The van der Waals surface area contributed by atoms with Gasteiger partial charge in [0.1, 0.15) is 11.5 Å². The van der Waals surface area contributed by atoms with E-state index in [-0.39, 0.29) is 5.91 Å². The number of nitrogens with one attached hydrogen (secondary N) is 2. The van der Waals surface area contributed by atoms with Gasteiger partial charge in [0, 0.05) is 42.7 Å². The van der Waals surface area contributed by atoms with Gasteiger partial charge in [0.05, 0.1) is 11.9 Å². The monoisotopic (exact) mass is 386 g/mol. The van der Waals surface area contributed by atoms with Crippen LogP contribution in [0.5, 0.6) is 0 Å². The van der Waals surface area contributed by atoms with E-state index < -0.39 is 0 Å². The third-order valence-corrected chi connectivity index (χ3v) is 4.50. The fourth-order valence-corrected chi connectivity index (χ4v) is 3.15. The van der Waals surface area contributed by atoms with Crippen LogP contribution in [0.3, 0.4) is 0 Å². The number of carbonyl (C=O) groups is 1. The Bertz CT molecular complexity index is 922. The zero-order valence-corrected chi connectivity index (χ0v) is 16.2. The highest BCUT2D eigenvalue weighted by molar-refractivity contribution is 6.31. The van der Waals surface area contributed by atoms with Crippen LogP contribution in [0.4, 0.5) is 11.5 Å². The van der Waals surface area contributed by atoms with Gasteiger partial charge in [-0.05, 0) is 49.7 Å². The lowest BCUT2D eigenvalue weighted by Gasteiger charge is -2.10. The average Bonchev–Trinajstić information content (AvgIpc) is 3.04. The molecule has 0 aliphatic rings. The van der Waals surface area contributed by atoms with Crippen molar-refractivity contribution in [3.05, 3.63) is 53.3 Å². The fraction of sp³-hybridized carbons (Fsp3) is 0.300. The van der Waals surface area contributed by atoms with Crippen LogP contribution in [0, 0.1) is 0 Å². The van der Waals surface area contributed by atoms with Crippen LogP contribution in [0.2, 0.25) is 5.02 Å². The summed E-state index contributed by atoms with van der Waals surface area (Å²) in [5.41, 5.74) is 2.23. The van der Waals surface area contributed by atoms with E-state index in [4.69, 9.17) is 16.3 Å². The van der Waals surface area contributed by atoms with E-state index in [9.17, 15) is 4.79 Å². The van der Waals surface area contributed by atoms with Crippen molar-refractivity contribution in [2.24, 2.45) is 0 Å². The van der Waals surface area contributed by atoms with E-state index in [1.165, 1.54) is 0 Å². The number of carbonyl (C=O) groups excluding carboxylic acids is 1. The van der Waals surface area contributed by atoms with E-state index in [0.29, 0.717) is 29.6 Å². The number of benzene rings is 1. The Kier molecular flexibility index (Phi) is 6.32. The van der Waals surface area contributed by atoms with E-state index in [2.05, 4.69) is 15.6 Å². The molecule has 0 aliphatic heterocycles. The van der Waals surface area contributed by atoms with Gasteiger partial charge in [0.2, 0.25) is 0 Å². The molecule has 0 aliphatic carbocycles. The van der Waals surface area contributed by atoms with Crippen LogP contribution >= 0.6 is 11.6 Å². The Morgan fingerprint density at radius 1 is 1.26 bits per heavy atom. The third-order valence-electron chi connectivity index (χ3n) is 4.26. The SMILES string of the molecule is CCn1c(C(=O)Nc2ccc(NCCCOC)nc2)cc2cc(Cl)ccc21. The van der Waals surface area contributed by atoms with Crippen molar-refractivity contribution in [3.63, 3.8) is 0 Å². The Hall–Kier alpha value is -2.57. The van der Waals surface area contributed by atoms with Gasteiger partial charge in [-0.2, -0.15) is 0 Å². The van der Waals surface area contributed by atoms with E-state index in [1.54, 1.807) is 13.3 Å². The van der Waals surface area contributed by atoms with Crippen LogP contribution in [0.15, 0.2) is 42.6 Å². The maximum Gasteiger partial charge on any atom is 0.272 e. The summed E-state index contributed by atoms with van der Waals surface area (Å²) in [7, 11) is 1.68. The maximum atomic E-state index is 12.8. The number of ether oxygens (including phenoxy) is 1. The normalized spacial score (nSPS) is 10.9. The smallest absolute Gasteiger partial charge is 0.272 e. The Morgan fingerprint density at radius 3 is 2.81 bits per heavy atom. The maximum absolute atomic E-state index is 12.8. The molecule has 3 aromatic rings. The Labute approximate surface area is 163 Å². The number of pyridine rings is 1. The highest BCUT2D eigenvalue weighted by Gasteiger charge is 2.15. The van der Waals surface area contributed by atoms with E-state index in [1.807, 2.05) is 47.9 Å². The number of methoxy groups -OCH3 is 1. The molecule has 0 atom stereocenters. The molecular formula is C20H23ClN4O2. The molecule has 2 aromatic heterocycles. The molecule has 0 spiro atoms. The summed E-state index contributed by atoms with van der Waals surface area (Å²) in [6.07, 6.45) is 2.55. The lowest BCUT2D eigenvalue weighted by Crippen LogP contribution is -2.16. The Morgan fingerprint density at radius 2 is 2.11 bits per heavy atom. The van der Waals surface area contributed by atoms with Crippen LogP contribution < -0.4 is 10.6 Å². The molecule has 0 saturated carbocycles. The number of amides is 1. The van der Waals surface area contributed by atoms with Crippen LogP contribution in [0.1, 0.15) is 23.8 Å². The zero-order chi connectivity index (χ0) is 19.2. The van der Waals surface area contributed by atoms with Gasteiger partial charge in [0.15, 0.2) is 0 Å². The first-order valence-electron chi connectivity index (χ1n) is 8.91. The van der Waals surface area contributed by atoms with Crippen LogP contribution in [-0.2, 0) is 11.3 Å². The van der Waals surface area contributed by atoms with Gasteiger partial charge in [-0.25, -0.2) is 4.98 Å². The van der Waals surface area contributed by atoms with Gasteiger partial charge in [-0.15, -0.1) is 0 Å². The second kappa shape index (κ2) is 8.88. The van der Waals surface area contributed by atoms with Gasteiger partial charge < -0.3 is 19.9 Å². The number of anilines is 2. The fourth-order valence-electron chi connectivity index (χ4n) is 2.97. The number of hydrogen-bond acceptors (Lipinski definition) is 4. The number of rotatable bonds is 8. The highest BCUT2D eigenvalue weighted by atomic mass is 35.5. The zero-order valence-electron chi connectivity index (χ0n) is 15.5. The Balaban J connectivity index is 1.71. The predicted molar refractivity (Wildman–Crippen MR) is 110 cm³/mol. The highest BCUT2D eigenvalue weighted by Crippen LogP contribution is 2.24. The van der Waals surface area contributed by atoms with Gasteiger partial charge in [0.25, 0.3) is 5.91 Å². The van der Waals surface area contributed by atoms with Gasteiger partial charge in [-0.3, -0.25) is 4.79 Å². The summed E-state index contributed by atoms with van der Waals surface area (Å²) >= 11 is 6.07. The van der Waals surface area contributed by atoms with Crippen LogP contribution in [-0.4, -0.2) is 35.7 Å². The summed E-state index contributed by atoms with van der Waals surface area (Å²) in [6.45, 7) is 4.19. The molecule has 142 valence electrons. The minimum Gasteiger partial charge on any atom is -0.385 e. The van der Waals surface area contributed by atoms with E-state index in [0.717, 1.165) is 29.7 Å². The van der Waals surface area contributed by atoms with Gasteiger partial charge >= 0.3 is 0 Å². The molecular weight excluding hydrogens is 364 g/mol. The van der Waals surface area contributed by atoms with Crippen LogP contribution in [0.25, 0.3) is 10.9 Å². The summed E-state index contributed by atoms with van der Waals surface area (Å²) in [5, 5.41) is 7.72. The van der Waals surface area contributed by atoms with Gasteiger partial charge in [-0.1, -0.05) is 11.6 Å². The molecule has 0 unspecified atom stereocenters. The first kappa shape index (κ1) is 19.2. The number of halogens is 1. The van der Waals surface area contributed by atoms with Crippen molar-refractivity contribution in [1.82, 2.24) is 9.55 Å². The second-order valence-corrected chi connectivity index (χ2v) is 6.57. The van der Waals surface area contributed by atoms with Crippen molar-refractivity contribution in [1.29, 1.82) is 0 Å². The molecule has 27 heavy (non-hydrogen) atoms. The molecule has 6 nitrogen and oxygen atoms in total. The van der Waals surface area contributed by atoms with E-state index >= 15 is 0 Å². The lowest BCUT2D eigenvalue weighted by atomic mass is 10.2. The molecule has 0 bridgehead atoms. The summed E-state index contributed by atoms with van der Waals surface area (Å²) in [5.74, 6) is 0.591. The molecule has 0 saturated heterocycles. The number of aryl methyl sites for hydroxylation is 1. The molecule has 1 amide bonds. The molecule has 7 heteroatoms. The molecule has 3 rings (SSSR count). The van der Waals surface area contributed by atoms with Crippen molar-refractivity contribution in [3.8, 4) is 0 Å². The first-order valence-corrected chi connectivity index (χ1v) is 9.29. The summed E-state index contributed by atoms with van der Waals surface area (Å²) < 4.78 is 6.99. The van der Waals surface area contributed by atoms with Crippen molar-refractivity contribution in [2.75, 3.05) is 30.9 Å². The topological polar surface area (TPSA) is 68.2 Å². The second-order valence-electron chi connectivity index (χ2n) is 6.14. The van der Waals surface area contributed by atoms with Crippen molar-refractivity contribution < 1.29 is 9.53 Å². The number of fused-ring (bicyclic) bond motifs is 1. The molecule has 0 radical (unpaired) electrons. The molecule has 2 heterocycles. The lowest BCUT2D eigenvalue weighted by molar-refractivity contribution is 0.101. The number of aromatic nitrogens is 2. The quantitative estimate of drug-likeness (QED) is 0.562. The molecule has 2 N–H and O–H groups in total. The minimum absolute atomic E-state index is 0.174. The first-order chi connectivity index (χ1) is 13.1. The summed E-state index contributed by atoms with van der Waals surface area (Å²) in [4.78, 5) is 17.1. The standard InChI is InChI=1S/C20H23ClN4O2/c1-3-25-17-7-5-15(21)11-14(17)12-18(25)20(26)24-16-6-8-19(23-13-16)22-9-4-10-27-2/h5-8,11-13H,3-4,9-10H2,1-2H3,(H,22,23)(H,24,26). The predicted octanol–water partition coefficient (Wildman–Crippen LogP) is 4.41. The average molecular weight is 387 g/mol. The largest absolute Gasteiger partial charge is 0.385 e. The van der Waals surface area contributed by atoms with Crippen molar-refractivity contribution >= 4 is 39.9 Å². The number of nitrogens with zero attached hydrogens (tertiary/aromatic N) is 2. The minimum atomic E-state index is -0.174. The third kappa shape index (κ3) is 4.59. The van der Waals surface area contributed by atoms with Crippen molar-refractivity contribution in [2.45, 2.75) is 19.9 Å².